The largest absolute Gasteiger partial charge is 0.381 e. The molecular weight excluding hydrogens is 340 g/mol. The average molecular weight is 373 g/mol. The summed E-state index contributed by atoms with van der Waals surface area (Å²) in [4.78, 5) is 26.8. The lowest BCUT2D eigenvalue weighted by molar-refractivity contribution is -0.129. The van der Waals surface area contributed by atoms with Crippen molar-refractivity contribution in [2.24, 2.45) is 11.8 Å². The number of likely N-dealkylation sites (tertiary alicyclic amines) is 1. The van der Waals surface area contributed by atoms with Gasteiger partial charge in [-0.1, -0.05) is 43.7 Å². The molecule has 3 rings (SSSR count). The van der Waals surface area contributed by atoms with Crippen LogP contribution in [0.3, 0.4) is 0 Å². The molecule has 2 fully saturated rings. The van der Waals surface area contributed by atoms with Crippen LogP contribution in [-0.2, 0) is 19.7 Å². The van der Waals surface area contributed by atoms with Gasteiger partial charge in [0, 0.05) is 44.7 Å². The maximum atomic E-state index is 12.8. The molecule has 0 radical (unpaired) electrons. The number of amides is 2. The highest BCUT2D eigenvalue weighted by Crippen LogP contribution is 2.34. The van der Waals surface area contributed by atoms with Gasteiger partial charge in [0.2, 0.25) is 11.8 Å². The summed E-state index contributed by atoms with van der Waals surface area (Å²) in [5, 5.41) is 3.17. The van der Waals surface area contributed by atoms with E-state index in [1.54, 1.807) is 0 Å². The van der Waals surface area contributed by atoms with E-state index >= 15 is 0 Å². The number of nitrogens with zero attached hydrogens (tertiary/aromatic N) is 1. The third kappa shape index (κ3) is 4.70. The molecule has 2 aliphatic heterocycles. The standard InChI is InChI=1S/C22H32N2O3/c1-16(2)13-24-14-18(12-20(24)25)21(26)23-15-22(8-10-27-11-9-22)19-6-4-17(3)5-7-19/h4-7,16,18H,8-15H2,1-3H3,(H,23,26)/t18-/m1/s1. The van der Waals surface area contributed by atoms with Crippen molar-refractivity contribution >= 4 is 11.8 Å². The number of ether oxygens (including phenoxy) is 1. The Kier molecular flexibility index (Phi) is 6.20. The molecule has 0 aliphatic carbocycles. The van der Waals surface area contributed by atoms with Gasteiger partial charge in [-0.15, -0.1) is 0 Å². The molecule has 0 saturated carbocycles. The number of nitrogens with one attached hydrogen (secondary N) is 1. The Labute approximate surface area is 162 Å². The molecule has 5 nitrogen and oxygen atoms in total. The molecule has 2 saturated heterocycles. The second kappa shape index (κ2) is 8.42. The normalized spacial score (nSPS) is 22.3. The molecule has 0 bridgehead atoms. The predicted octanol–water partition coefficient (Wildman–Crippen LogP) is 2.66. The van der Waals surface area contributed by atoms with E-state index in [1.807, 2.05) is 4.90 Å². The molecule has 2 aliphatic rings. The first kappa shape index (κ1) is 19.9. The van der Waals surface area contributed by atoms with Crippen molar-refractivity contribution < 1.29 is 14.3 Å². The van der Waals surface area contributed by atoms with E-state index in [0.29, 0.717) is 38.6 Å². The number of hydrogen-bond acceptors (Lipinski definition) is 3. The number of rotatable bonds is 6. The van der Waals surface area contributed by atoms with E-state index in [2.05, 4.69) is 50.4 Å². The van der Waals surface area contributed by atoms with Gasteiger partial charge in [-0.05, 0) is 31.2 Å². The highest BCUT2D eigenvalue weighted by Gasteiger charge is 2.38. The molecule has 0 aromatic heterocycles. The molecule has 0 spiro atoms. The lowest BCUT2D eigenvalue weighted by Crippen LogP contribution is -2.46. The maximum Gasteiger partial charge on any atom is 0.225 e. The van der Waals surface area contributed by atoms with E-state index in [-0.39, 0.29) is 23.1 Å². The maximum absolute atomic E-state index is 12.8. The first-order valence-electron chi connectivity index (χ1n) is 10.1. The predicted molar refractivity (Wildman–Crippen MR) is 105 cm³/mol. The van der Waals surface area contributed by atoms with E-state index in [1.165, 1.54) is 11.1 Å². The minimum atomic E-state index is -0.230. The molecule has 1 atom stereocenters. The number of benzene rings is 1. The summed E-state index contributed by atoms with van der Waals surface area (Å²) in [5.41, 5.74) is 2.42. The summed E-state index contributed by atoms with van der Waals surface area (Å²) in [6.45, 7) is 9.59. The number of aryl methyl sites for hydroxylation is 1. The second-order valence-corrected chi connectivity index (χ2v) is 8.57. The van der Waals surface area contributed by atoms with Crippen LogP contribution in [0, 0.1) is 18.8 Å². The molecule has 1 aromatic rings. The third-order valence-corrected chi connectivity index (χ3v) is 5.89. The van der Waals surface area contributed by atoms with Gasteiger partial charge in [0.05, 0.1) is 5.92 Å². The zero-order chi connectivity index (χ0) is 19.4. The number of carbonyl (C=O) groups excluding carboxylic acids is 2. The summed E-state index contributed by atoms with van der Waals surface area (Å²) >= 11 is 0. The Bertz CT molecular complexity index is 663. The quantitative estimate of drug-likeness (QED) is 0.835. The van der Waals surface area contributed by atoms with Crippen LogP contribution in [0.25, 0.3) is 0 Å². The molecule has 2 heterocycles. The smallest absolute Gasteiger partial charge is 0.225 e. The molecule has 1 aromatic carbocycles. The van der Waals surface area contributed by atoms with Gasteiger partial charge in [0.25, 0.3) is 0 Å². The van der Waals surface area contributed by atoms with Crippen LogP contribution in [-0.4, -0.2) is 49.6 Å². The Hall–Kier alpha value is -1.88. The van der Waals surface area contributed by atoms with E-state index in [4.69, 9.17) is 4.74 Å². The monoisotopic (exact) mass is 372 g/mol. The van der Waals surface area contributed by atoms with Crippen molar-refractivity contribution in [2.45, 2.75) is 45.4 Å². The van der Waals surface area contributed by atoms with Crippen molar-refractivity contribution in [3.63, 3.8) is 0 Å². The van der Waals surface area contributed by atoms with Crippen LogP contribution in [0.2, 0.25) is 0 Å². The fourth-order valence-electron chi connectivity index (χ4n) is 4.20. The van der Waals surface area contributed by atoms with Crippen LogP contribution < -0.4 is 5.32 Å². The second-order valence-electron chi connectivity index (χ2n) is 8.57. The summed E-state index contributed by atoms with van der Waals surface area (Å²) in [5.74, 6) is 0.296. The number of carbonyl (C=O) groups is 2. The molecule has 5 heteroatoms. The Balaban J connectivity index is 1.64. The first-order valence-corrected chi connectivity index (χ1v) is 10.1. The van der Waals surface area contributed by atoms with Gasteiger partial charge in [-0.2, -0.15) is 0 Å². The summed E-state index contributed by atoms with van der Waals surface area (Å²) in [6, 6.07) is 8.62. The molecule has 1 N–H and O–H groups in total. The minimum Gasteiger partial charge on any atom is -0.381 e. The van der Waals surface area contributed by atoms with Crippen molar-refractivity contribution in [2.75, 3.05) is 32.8 Å². The third-order valence-electron chi connectivity index (χ3n) is 5.89. The van der Waals surface area contributed by atoms with Crippen LogP contribution in [0.5, 0.6) is 0 Å². The van der Waals surface area contributed by atoms with Gasteiger partial charge < -0.3 is 15.0 Å². The summed E-state index contributed by atoms with van der Waals surface area (Å²) in [7, 11) is 0. The van der Waals surface area contributed by atoms with E-state index < -0.39 is 0 Å². The van der Waals surface area contributed by atoms with Gasteiger partial charge in [-0.3, -0.25) is 9.59 Å². The molecule has 0 unspecified atom stereocenters. The lowest BCUT2D eigenvalue weighted by Gasteiger charge is -2.38. The minimum absolute atomic E-state index is 0.00702. The van der Waals surface area contributed by atoms with E-state index in [0.717, 1.165) is 19.4 Å². The molecule has 27 heavy (non-hydrogen) atoms. The Morgan fingerprint density at radius 3 is 2.56 bits per heavy atom. The van der Waals surface area contributed by atoms with Crippen molar-refractivity contribution in [3.8, 4) is 0 Å². The molecule has 2 amide bonds. The number of hydrogen-bond donors (Lipinski definition) is 1. The SMILES string of the molecule is Cc1ccc(C2(CNC(=O)[C@@H]3CC(=O)N(CC(C)C)C3)CCOCC2)cc1. The van der Waals surface area contributed by atoms with Gasteiger partial charge in [0.1, 0.15) is 0 Å². The molecule has 148 valence electrons. The van der Waals surface area contributed by atoms with Crippen molar-refractivity contribution in [1.82, 2.24) is 10.2 Å². The lowest BCUT2D eigenvalue weighted by atomic mass is 9.74. The topological polar surface area (TPSA) is 58.6 Å². The van der Waals surface area contributed by atoms with Crippen LogP contribution in [0.4, 0.5) is 0 Å². The van der Waals surface area contributed by atoms with Crippen molar-refractivity contribution in [3.05, 3.63) is 35.4 Å². The molecular formula is C22H32N2O3. The van der Waals surface area contributed by atoms with Crippen molar-refractivity contribution in [1.29, 1.82) is 0 Å². The van der Waals surface area contributed by atoms with Crippen LogP contribution >= 0.6 is 0 Å². The first-order chi connectivity index (χ1) is 12.9. The fraction of sp³-hybridized carbons (Fsp3) is 0.636. The van der Waals surface area contributed by atoms with Crippen LogP contribution in [0.15, 0.2) is 24.3 Å². The zero-order valence-corrected chi connectivity index (χ0v) is 16.8. The van der Waals surface area contributed by atoms with Gasteiger partial charge >= 0.3 is 0 Å². The Morgan fingerprint density at radius 2 is 1.93 bits per heavy atom. The highest BCUT2D eigenvalue weighted by atomic mass is 16.5. The van der Waals surface area contributed by atoms with Gasteiger partial charge in [0.15, 0.2) is 0 Å². The fourth-order valence-corrected chi connectivity index (χ4v) is 4.20. The van der Waals surface area contributed by atoms with E-state index in [9.17, 15) is 9.59 Å². The average Bonchev–Trinajstić information content (AvgIpc) is 3.01. The summed E-state index contributed by atoms with van der Waals surface area (Å²) < 4.78 is 5.58. The highest BCUT2D eigenvalue weighted by molar-refractivity contribution is 5.89. The zero-order valence-electron chi connectivity index (χ0n) is 16.8. The van der Waals surface area contributed by atoms with Gasteiger partial charge in [-0.25, -0.2) is 0 Å². The summed E-state index contributed by atoms with van der Waals surface area (Å²) in [6.07, 6.45) is 2.14. The van der Waals surface area contributed by atoms with Crippen LogP contribution in [0.1, 0.15) is 44.2 Å². The Morgan fingerprint density at radius 1 is 1.26 bits per heavy atom.